The molecule has 0 aromatic carbocycles. The van der Waals surface area contributed by atoms with Crippen LogP contribution in [0.2, 0.25) is 0 Å². The van der Waals surface area contributed by atoms with E-state index in [0.29, 0.717) is 11.7 Å². The van der Waals surface area contributed by atoms with Gasteiger partial charge in [0.1, 0.15) is 5.78 Å². The van der Waals surface area contributed by atoms with Crippen molar-refractivity contribution < 1.29 is 4.79 Å². The van der Waals surface area contributed by atoms with Crippen molar-refractivity contribution in [1.82, 2.24) is 5.32 Å². The monoisotopic (exact) mass is 169 g/mol. The summed E-state index contributed by atoms with van der Waals surface area (Å²) in [6.07, 6.45) is 3.32. The Bertz CT molecular complexity index is 150. The molecule has 0 spiro atoms. The van der Waals surface area contributed by atoms with Gasteiger partial charge in [-0.1, -0.05) is 6.92 Å². The van der Waals surface area contributed by atoms with Crippen LogP contribution in [-0.2, 0) is 4.79 Å². The van der Waals surface area contributed by atoms with Crippen LogP contribution in [0.1, 0.15) is 33.1 Å². The van der Waals surface area contributed by atoms with Crippen molar-refractivity contribution in [2.24, 2.45) is 11.8 Å². The summed E-state index contributed by atoms with van der Waals surface area (Å²) in [6.45, 7) is 6.14. The second-order valence-corrected chi connectivity index (χ2v) is 3.99. The fourth-order valence-electron chi connectivity index (χ4n) is 1.98. The average Bonchev–Trinajstić information content (AvgIpc) is 2.05. The normalized spacial score (nSPS) is 26.7. The molecule has 2 atom stereocenters. The lowest BCUT2D eigenvalue weighted by atomic mass is 9.85. The summed E-state index contributed by atoms with van der Waals surface area (Å²) in [6, 6.07) is 0. The molecule has 12 heavy (non-hydrogen) atoms. The molecule has 0 radical (unpaired) electrons. The van der Waals surface area contributed by atoms with Gasteiger partial charge < -0.3 is 10.1 Å². The lowest BCUT2D eigenvalue weighted by Gasteiger charge is -2.27. The number of Topliss-reactive ketones (excluding diaryl/α,β-unsaturated/α-hetero) is 1. The largest absolute Gasteiger partial charge is 0.316 e. The van der Waals surface area contributed by atoms with Crippen molar-refractivity contribution in [1.29, 1.82) is 0 Å². The number of hydrogen-bond donors (Lipinski definition) is 1. The predicted octanol–water partition coefficient (Wildman–Crippen LogP) is 1.60. The number of ketones is 1. The Morgan fingerprint density at radius 2 is 2.42 bits per heavy atom. The number of carbonyl (C=O) groups is 1. The van der Waals surface area contributed by atoms with Gasteiger partial charge >= 0.3 is 0 Å². The minimum Gasteiger partial charge on any atom is -0.316 e. The molecule has 0 aromatic rings. The minimum absolute atomic E-state index is 0.327. The Morgan fingerprint density at radius 3 is 2.92 bits per heavy atom. The van der Waals surface area contributed by atoms with Gasteiger partial charge in [0.05, 0.1) is 0 Å². The van der Waals surface area contributed by atoms with Crippen LogP contribution in [0.15, 0.2) is 0 Å². The van der Waals surface area contributed by atoms with Crippen LogP contribution in [0.5, 0.6) is 0 Å². The Hall–Kier alpha value is -0.370. The molecule has 70 valence electrons. The van der Waals surface area contributed by atoms with E-state index in [9.17, 15) is 4.79 Å². The minimum atomic E-state index is 0.327. The number of piperidine rings is 1. The molecule has 2 heteroatoms. The third-order valence-electron chi connectivity index (χ3n) is 2.75. The van der Waals surface area contributed by atoms with Crippen LogP contribution in [0.3, 0.4) is 0 Å². The van der Waals surface area contributed by atoms with Gasteiger partial charge in [0.2, 0.25) is 0 Å². The highest BCUT2D eigenvalue weighted by Gasteiger charge is 2.20. The van der Waals surface area contributed by atoms with Crippen molar-refractivity contribution in [2.75, 3.05) is 13.1 Å². The Balaban J connectivity index is 2.29. The number of carbonyl (C=O) groups excluding carboxylic acids is 1. The molecule has 1 heterocycles. The molecular formula is C10H19NO. The van der Waals surface area contributed by atoms with E-state index in [0.717, 1.165) is 25.4 Å². The summed E-state index contributed by atoms with van der Waals surface area (Å²) in [5.41, 5.74) is 0. The summed E-state index contributed by atoms with van der Waals surface area (Å²) in [5, 5.41) is 3.38. The number of nitrogens with one attached hydrogen (secondary N) is 1. The first-order valence-corrected chi connectivity index (χ1v) is 4.90. The predicted molar refractivity (Wildman–Crippen MR) is 50.1 cm³/mol. The van der Waals surface area contributed by atoms with Gasteiger partial charge in [-0.25, -0.2) is 0 Å². The zero-order valence-corrected chi connectivity index (χ0v) is 8.10. The molecule has 0 bridgehead atoms. The lowest BCUT2D eigenvalue weighted by molar-refractivity contribution is -0.118. The molecule has 0 aromatic heterocycles. The molecule has 0 aliphatic carbocycles. The molecule has 0 saturated carbocycles. The molecule has 1 saturated heterocycles. The van der Waals surface area contributed by atoms with Crippen LogP contribution < -0.4 is 5.32 Å². The third-order valence-corrected chi connectivity index (χ3v) is 2.75. The second-order valence-electron chi connectivity index (χ2n) is 3.99. The molecule has 1 N–H and O–H groups in total. The van der Waals surface area contributed by atoms with E-state index < -0.39 is 0 Å². The smallest absolute Gasteiger partial charge is 0.130 e. The molecule has 1 fully saturated rings. The molecule has 0 amide bonds. The van der Waals surface area contributed by atoms with E-state index in [-0.39, 0.29) is 0 Å². The molecule has 1 aliphatic rings. The van der Waals surface area contributed by atoms with Gasteiger partial charge in [-0.2, -0.15) is 0 Å². The standard InChI is InChI=1S/C10H19NO/c1-8(6-9(2)12)10-4-3-5-11-7-10/h8,10-11H,3-7H2,1-2H3. The summed E-state index contributed by atoms with van der Waals surface area (Å²) >= 11 is 0. The first-order chi connectivity index (χ1) is 5.70. The van der Waals surface area contributed by atoms with Gasteiger partial charge in [-0.3, -0.25) is 0 Å². The summed E-state index contributed by atoms with van der Waals surface area (Å²) in [7, 11) is 0. The molecule has 1 rings (SSSR count). The Labute approximate surface area is 74.7 Å². The van der Waals surface area contributed by atoms with E-state index in [1.165, 1.54) is 12.8 Å². The van der Waals surface area contributed by atoms with Gasteiger partial charge in [-0.05, 0) is 44.7 Å². The summed E-state index contributed by atoms with van der Waals surface area (Å²) in [5.74, 6) is 1.62. The highest BCUT2D eigenvalue weighted by molar-refractivity contribution is 5.75. The average molecular weight is 169 g/mol. The highest BCUT2D eigenvalue weighted by Crippen LogP contribution is 2.22. The molecule has 1 aliphatic heterocycles. The third kappa shape index (κ3) is 2.94. The van der Waals surface area contributed by atoms with Gasteiger partial charge in [0.25, 0.3) is 0 Å². The van der Waals surface area contributed by atoms with Gasteiger partial charge in [-0.15, -0.1) is 0 Å². The van der Waals surface area contributed by atoms with Crippen LogP contribution in [0, 0.1) is 11.8 Å². The molecule has 2 unspecified atom stereocenters. The SMILES string of the molecule is CC(=O)CC(C)C1CCCNC1. The second kappa shape index (κ2) is 4.61. The number of hydrogen-bond acceptors (Lipinski definition) is 2. The van der Waals surface area contributed by atoms with Crippen molar-refractivity contribution in [3.05, 3.63) is 0 Å². The van der Waals surface area contributed by atoms with E-state index in [2.05, 4.69) is 12.2 Å². The fraction of sp³-hybridized carbons (Fsp3) is 0.900. The van der Waals surface area contributed by atoms with Crippen molar-refractivity contribution in [3.8, 4) is 0 Å². The van der Waals surface area contributed by atoms with E-state index in [1.54, 1.807) is 6.92 Å². The topological polar surface area (TPSA) is 29.1 Å². The zero-order valence-electron chi connectivity index (χ0n) is 8.10. The Kier molecular flexibility index (Phi) is 3.73. The van der Waals surface area contributed by atoms with Crippen LogP contribution in [0.25, 0.3) is 0 Å². The first kappa shape index (κ1) is 9.72. The quantitative estimate of drug-likeness (QED) is 0.695. The van der Waals surface area contributed by atoms with Gasteiger partial charge in [0.15, 0.2) is 0 Å². The van der Waals surface area contributed by atoms with Crippen molar-refractivity contribution >= 4 is 5.78 Å². The summed E-state index contributed by atoms with van der Waals surface area (Å²) < 4.78 is 0. The van der Waals surface area contributed by atoms with Crippen LogP contribution >= 0.6 is 0 Å². The maximum absolute atomic E-state index is 10.9. The van der Waals surface area contributed by atoms with Crippen LogP contribution in [0.4, 0.5) is 0 Å². The van der Waals surface area contributed by atoms with Crippen molar-refractivity contribution in [3.63, 3.8) is 0 Å². The fourth-order valence-corrected chi connectivity index (χ4v) is 1.98. The van der Waals surface area contributed by atoms with Crippen LogP contribution in [-0.4, -0.2) is 18.9 Å². The van der Waals surface area contributed by atoms with Gasteiger partial charge in [0, 0.05) is 6.42 Å². The van der Waals surface area contributed by atoms with E-state index in [1.807, 2.05) is 0 Å². The maximum atomic E-state index is 10.9. The Morgan fingerprint density at radius 1 is 1.67 bits per heavy atom. The lowest BCUT2D eigenvalue weighted by Crippen LogP contribution is -2.33. The van der Waals surface area contributed by atoms with E-state index >= 15 is 0 Å². The maximum Gasteiger partial charge on any atom is 0.130 e. The summed E-state index contributed by atoms with van der Waals surface area (Å²) in [4.78, 5) is 10.9. The highest BCUT2D eigenvalue weighted by atomic mass is 16.1. The molecular weight excluding hydrogens is 150 g/mol. The van der Waals surface area contributed by atoms with Crippen molar-refractivity contribution in [2.45, 2.75) is 33.1 Å². The van der Waals surface area contributed by atoms with E-state index in [4.69, 9.17) is 0 Å². The molecule has 2 nitrogen and oxygen atoms in total. The zero-order chi connectivity index (χ0) is 8.97. The number of rotatable bonds is 3. The first-order valence-electron chi connectivity index (χ1n) is 4.90.